The summed E-state index contributed by atoms with van der Waals surface area (Å²) >= 11 is 0. The topological polar surface area (TPSA) is 105 Å². The Morgan fingerprint density at radius 1 is 1.11 bits per heavy atom. The fourth-order valence-corrected chi connectivity index (χ4v) is 2.58. The predicted molar refractivity (Wildman–Crippen MR) is 104 cm³/mol. The molecule has 2 aromatic carbocycles. The van der Waals surface area contributed by atoms with Crippen molar-refractivity contribution in [3.63, 3.8) is 0 Å². The van der Waals surface area contributed by atoms with Crippen molar-refractivity contribution in [3.8, 4) is 5.75 Å². The van der Waals surface area contributed by atoms with Crippen molar-refractivity contribution in [2.45, 2.75) is 13.0 Å². The summed E-state index contributed by atoms with van der Waals surface area (Å²) in [5.74, 6) is -1.09. The standard InChI is InChI=1S/C21H23NO6/c1-15(11-12-19(24)25)20(17-9-5-6-10-18(17)27-14-13-23)28-21(26)22-16-7-3-2-4-8-16/h2-12,15,20,23H,13-14H2,1H3,(H,22,26)(H,24,25)/b12-11+/t15-,20+/m0/s1. The minimum Gasteiger partial charge on any atom is -0.491 e. The third-order valence-corrected chi connectivity index (χ3v) is 3.85. The molecular weight excluding hydrogens is 362 g/mol. The molecule has 0 aliphatic heterocycles. The van der Waals surface area contributed by atoms with Crippen LogP contribution in [0.25, 0.3) is 0 Å². The van der Waals surface area contributed by atoms with E-state index in [1.54, 1.807) is 55.5 Å². The van der Waals surface area contributed by atoms with Crippen LogP contribution in [0.2, 0.25) is 0 Å². The Labute approximate surface area is 163 Å². The van der Waals surface area contributed by atoms with E-state index in [1.807, 2.05) is 6.07 Å². The van der Waals surface area contributed by atoms with E-state index in [2.05, 4.69) is 5.32 Å². The molecule has 0 saturated heterocycles. The average Bonchev–Trinajstić information content (AvgIpc) is 2.69. The molecule has 0 aliphatic rings. The van der Waals surface area contributed by atoms with Crippen LogP contribution in [0.3, 0.4) is 0 Å². The number of aliphatic carboxylic acids is 1. The highest BCUT2D eigenvalue weighted by atomic mass is 16.6. The number of para-hydroxylation sites is 2. The molecule has 0 aliphatic carbocycles. The minimum absolute atomic E-state index is 0.0826. The van der Waals surface area contributed by atoms with E-state index in [0.29, 0.717) is 17.0 Å². The summed E-state index contributed by atoms with van der Waals surface area (Å²) < 4.78 is 11.2. The maximum atomic E-state index is 12.4. The summed E-state index contributed by atoms with van der Waals surface area (Å²) in [5.41, 5.74) is 1.14. The van der Waals surface area contributed by atoms with Crippen LogP contribution in [0.4, 0.5) is 10.5 Å². The van der Waals surface area contributed by atoms with E-state index >= 15 is 0 Å². The molecule has 0 bridgehead atoms. The highest BCUT2D eigenvalue weighted by Gasteiger charge is 2.25. The zero-order valence-corrected chi connectivity index (χ0v) is 15.4. The Kier molecular flexibility index (Phi) is 8.05. The molecule has 7 heteroatoms. The summed E-state index contributed by atoms with van der Waals surface area (Å²) in [6, 6.07) is 15.8. The molecule has 2 rings (SSSR count). The van der Waals surface area contributed by atoms with E-state index in [1.165, 1.54) is 6.08 Å². The van der Waals surface area contributed by atoms with Crippen LogP contribution in [-0.2, 0) is 9.53 Å². The third kappa shape index (κ3) is 6.44. The molecule has 0 heterocycles. The SMILES string of the molecule is C[C@@H](/C=C/C(=O)O)[C@@H](OC(=O)Nc1ccccc1)c1ccccc1OCCO. The number of aliphatic hydroxyl groups is 1. The molecule has 3 N–H and O–H groups in total. The summed E-state index contributed by atoms with van der Waals surface area (Å²) in [7, 11) is 0. The normalized spacial score (nSPS) is 12.9. The number of amides is 1. The highest BCUT2D eigenvalue weighted by molar-refractivity contribution is 5.84. The second-order valence-corrected chi connectivity index (χ2v) is 5.98. The van der Waals surface area contributed by atoms with Gasteiger partial charge in [0.1, 0.15) is 18.5 Å². The molecule has 0 spiro atoms. The molecule has 0 radical (unpaired) electrons. The lowest BCUT2D eigenvalue weighted by Gasteiger charge is -2.24. The quantitative estimate of drug-likeness (QED) is 0.570. The first-order valence-corrected chi connectivity index (χ1v) is 8.77. The predicted octanol–water partition coefficient (Wildman–Crippen LogP) is 3.62. The van der Waals surface area contributed by atoms with Crippen molar-refractivity contribution in [1.29, 1.82) is 0 Å². The lowest BCUT2D eigenvalue weighted by Crippen LogP contribution is -2.22. The van der Waals surface area contributed by atoms with E-state index < -0.39 is 24.1 Å². The van der Waals surface area contributed by atoms with Crippen LogP contribution < -0.4 is 10.1 Å². The zero-order valence-electron chi connectivity index (χ0n) is 15.4. The number of hydrogen-bond acceptors (Lipinski definition) is 5. The lowest BCUT2D eigenvalue weighted by molar-refractivity contribution is -0.131. The van der Waals surface area contributed by atoms with Gasteiger partial charge in [-0.2, -0.15) is 0 Å². The Hall–Kier alpha value is -3.32. The number of rotatable bonds is 9. The Balaban J connectivity index is 2.27. The second kappa shape index (κ2) is 10.7. The maximum Gasteiger partial charge on any atom is 0.412 e. The van der Waals surface area contributed by atoms with Gasteiger partial charge in [0.25, 0.3) is 0 Å². The molecule has 0 fully saturated rings. The van der Waals surface area contributed by atoms with Gasteiger partial charge >= 0.3 is 12.1 Å². The summed E-state index contributed by atoms with van der Waals surface area (Å²) in [5, 5.41) is 20.6. The smallest absolute Gasteiger partial charge is 0.412 e. The van der Waals surface area contributed by atoms with Crippen LogP contribution in [0.15, 0.2) is 66.7 Å². The molecule has 7 nitrogen and oxygen atoms in total. The van der Waals surface area contributed by atoms with Crippen molar-refractivity contribution in [2.24, 2.45) is 5.92 Å². The van der Waals surface area contributed by atoms with E-state index in [9.17, 15) is 9.59 Å². The van der Waals surface area contributed by atoms with Gasteiger partial charge in [0, 0.05) is 23.2 Å². The summed E-state index contributed by atoms with van der Waals surface area (Å²) in [6.07, 6.45) is 0.983. The Morgan fingerprint density at radius 3 is 2.46 bits per heavy atom. The van der Waals surface area contributed by atoms with E-state index in [4.69, 9.17) is 19.7 Å². The monoisotopic (exact) mass is 385 g/mol. The first-order valence-electron chi connectivity index (χ1n) is 8.77. The number of aliphatic hydroxyl groups excluding tert-OH is 1. The third-order valence-electron chi connectivity index (χ3n) is 3.85. The maximum absolute atomic E-state index is 12.4. The molecular formula is C21H23NO6. The number of carbonyl (C=O) groups excluding carboxylic acids is 1. The Bertz CT molecular complexity index is 806. The Morgan fingerprint density at radius 2 is 1.79 bits per heavy atom. The number of hydrogen-bond donors (Lipinski definition) is 3. The van der Waals surface area contributed by atoms with Gasteiger partial charge in [-0.05, 0) is 18.2 Å². The van der Waals surface area contributed by atoms with Gasteiger partial charge in [-0.25, -0.2) is 9.59 Å². The molecule has 0 unspecified atom stereocenters. The molecule has 0 aromatic heterocycles. The van der Waals surface area contributed by atoms with Crippen LogP contribution in [0.1, 0.15) is 18.6 Å². The van der Waals surface area contributed by atoms with Crippen molar-refractivity contribution < 1.29 is 29.3 Å². The lowest BCUT2D eigenvalue weighted by atomic mass is 9.96. The van der Waals surface area contributed by atoms with Gasteiger partial charge in [0.15, 0.2) is 0 Å². The second-order valence-electron chi connectivity index (χ2n) is 5.98. The highest BCUT2D eigenvalue weighted by Crippen LogP contribution is 2.34. The van der Waals surface area contributed by atoms with Gasteiger partial charge in [-0.3, -0.25) is 5.32 Å². The number of nitrogens with one attached hydrogen (secondary N) is 1. The van der Waals surface area contributed by atoms with Crippen molar-refractivity contribution >= 4 is 17.7 Å². The van der Waals surface area contributed by atoms with Crippen molar-refractivity contribution in [1.82, 2.24) is 0 Å². The van der Waals surface area contributed by atoms with Gasteiger partial charge in [-0.1, -0.05) is 49.4 Å². The number of carboxylic acid groups (broad SMARTS) is 1. The molecule has 148 valence electrons. The van der Waals surface area contributed by atoms with Gasteiger partial charge < -0.3 is 19.7 Å². The number of benzene rings is 2. The van der Waals surface area contributed by atoms with Crippen molar-refractivity contribution in [2.75, 3.05) is 18.5 Å². The van der Waals surface area contributed by atoms with Crippen LogP contribution in [0, 0.1) is 5.92 Å². The van der Waals surface area contributed by atoms with Crippen molar-refractivity contribution in [3.05, 3.63) is 72.3 Å². The molecule has 0 saturated carbocycles. The van der Waals surface area contributed by atoms with Gasteiger partial charge in [0.2, 0.25) is 0 Å². The number of anilines is 1. The zero-order chi connectivity index (χ0) is 20.4. The number of carbonyl (C=O) groups is 2. The molecule has 2 atom stereocenters. The summed E-state index contributed by atoms with van der Waals surface area (Å²) in [4.78, 5) is 23.3. The fourth-order valence-electron chi connectivity index (χ4n) is 2.58. The van der Waals surface area contributed by atoms with E-state index in [-0.39, 0.29) is 13.2 Å². The average molecular weight is 385 g/mol. The first-order chi connectivity index (χ1) is 13.5. The molecule has 2 aromatic rings. The van der Waals surface area contributed by atoms with Crippen LogP contribution in [-0.4, -0.2) is 35.5 Å². The van der Waals surface area contributed by atoms with Crippen LogP contribution >= 0.6 is 0 Å². The van der Waals surface area contributed by atoms with Crippen LogP contribution in [0.5, 0.6) is 5.75 Å². The van der Waals surface area contributed by atoms with Gasteiger partial charge in [-0.15, -0.1) is 0 Å². The fraction of sp³-hybridized carbons (Fsp3) is 0.238. The minimum atomic E-state index is -1.09. The van der Waals surface area contributed by atoms with Gasteiger partial charge in [0.05, 0.1) is 6.61 Å². The summed E-state index contributed by atoms with van der Waals surface area (Å²) in [6.45, 7) is 1.66. The molecule has 1 amide bonds. The van der Waals surface area contributed by atoms with E-state index in [0.717, 1.165) is 6.08 Å². The number of carboxylic acids is 1. The first kappa shape index (κ1) is 21.0. The number of ether oxygens (including phenoxy) is 2. The molecule has 28 heavy (non-hydrogen) atoms. The largest absolute Gasteiger partial charge is 0.491 e.